The van der Waals surface area contributed by atoms with Crippen LogP contribution in [0.4, 0.5) is 11.4 Å². The molecule has 0 spiro atoms. The van der Waals surface area contributed by atoms with Gasteiger partial charge in [-0.15, -0.1) is 5.12 Å². The molecule has 4 rings (SSSR count). The van der Waals surface area contributed by atoms with E-state index in [1.807, 2.05) is 0 Å². The maximum Gasteiger partial charge on any atom is 0.267 e. The third kappa shape index (κ3) is 9.87. The van der Waals surface area contributed by atoms with Crippen molar-refractivity contribution in [3.63, 3.8) is 0 Å². The van der Waals surface area contributed by atoms with Gasteiger partial charge in [-0.1, -0.05) is 118 Å². The molecule has 1 atom stereocenters. The lowest BCUT2D eigenvalue weighted by atomic mass is 10.00. The monoisotopic (exact) mass is 692 g/mol. The van der Waals surface area contributed by atoms with Gasteiger partial charge in [-0.2, -0.15) is 16.9 Å². The van der Waals surface area contributed by atoms with Crippen LogP contribution in [0.1, 0.15) is 96.8 Å². The molecule has 7 nitrogen and oxygen atoms in total. The van der Waals surface area contributed by atoms with Crippen LogP contribution in [-0.4, -0.2) is 40.6 Å². The van der Waals surface area contributed by atoms with E-state index in [2.05, 4.69) is 17.5 Å². The van der Waals surface area contributed by atoms with E-state index in [0.29, 0.717) is 33.3 Å². The molecule has 0 saturated carbocycles. The first-order valence-electron chi connectivity index (χ1n) is 16.2. The fraction of sp³-hybridized carbons (Fsp3) is 0.529. The SMILES string of the molecule is CCCCCCCCCCCCCCSCC1CC(=O)N(c2cccc(NN3N=CCC3=O)c2-c2c(Cl)cc(Cl)cc2Cl)C1=O. The van der Waals surface area contributed by atoms with Crippen LogP contribution in [0.2, 0.25) is 15.1 Å². The predicted molar refractivity (Wildman–Crippen MR) is 189 cm³/mol. The van der Waals surface area contributed by atoms with Gasteiger partial charge in [0, 0.05) is 34.5 Å². The molecule has 0 aliphatic carbocycles. The highest BCUT2D eigenvalue weighted by atomic mass is 35.5. The maximum absolute atomic E-state index is 13.7. The quantitative estimate of drug-likeness (QED) is 0.117. The Morgan fingerprint density at radius 1 is 0.844 bits per heavy atom. The van der Waals surface area contributed by atoms with Crippen LogP contribution in [0, 0.1) is 5.92 Å². The van der Waals surface area contributed by atoms with Crippen LogP contribution in [0.3, 0.4) is 0 Å². The summed E-state index contributed by atoms with van der Waals surface area (Å²) < 4.78 is 0. The molecule has 2 aliphatic heterocycles. The van der Waals surface area contributed by atoms with Crippen molar-refractivity contribution >= 4 is 81.9 Å². The third-order valence-electron chi connectivity index (χ3n) is 8.17. The highest BCUT2D eigenvalue weighted by Crippen LogP contribution is 2.47. The minimum atomic E-state index is -0.412. The molecule has 3 amide bonds. The highest BCUT2D eigenvalue weighted by molar-refractivity contribution is 7.99. The van der Waals surface area contributed by atoms with Gasteiger partial charge in [0.1, 0.15) is 0 Å². The topological polar surface area (TPSA) is 82.1 Å². The first-order valence-corrected chi connectivity index (χ1v) is 18.4. The zero-order valence-electron chi connectivity index (χ0n) is 26.0. The number of halogens is 3. The number of hydrazine groups is 1. The fourth-order valence-electron chi connectivity index (χ4n) is 5.77. The summed E-state index contributed by atoms with van der Waals surface area (Å²) in [5.41, 5.74) is 4.55. The van der Waals surface area contributed by atoms with Crippen LogP contribution in [0.25, 0.3) is 11.1 Å². The number of nitrogens with one attached hydrogen (secondary N) is 1. The van der Waals surface area contributed by atoms with Crippen molar-refractivity contribution in [2.24, 2.45) is 11.0 Å². The summed E-state index contributed by atoms with van der Waals surface area (Å²) in [6.07, 6.45) is 17.5. The van der Waals surface area contributed by atoms with E-state index >= 15 is 0 Å². The summed E-state index contributed by atoms with van der Waals surface area (Å²) in [5.74, 6) is 0.359. The van der Waals surface area contributed by atoms with Crippen LogP contribution in [0.5, 0.6) is 0 Å². The Labute approximate surface area is 286 Å². The molecule has 1 unspecified atom stereocenters. The van der Waals surface area contributed by atoms with Gasteiger partial charge < -0.3 is 0 Å². The van der Waals surface area contributed by atoms with Crippen LogP contribution >= 0.6 is 46.6 Å². The maximum atomic E-state index is 13.7. The lowest BCUT2D eigenvalue weighted by molar-refractivity contribution is -0.127. The number of benzene rings is 2. The number of hydrazone groups is 1. The Morgan fingerprint density at radius 3 is 2.07 bits per heavy atom. The largest absolute Gasteiger partial charge is 0.274 e. The Hall–Kier alpha value is -2.26. The molecule has 2 aliphatic rings. The van der Waals surface area contributed by atoms with Gasteiger partial charge >= 0.3 is 0 Å². The lowest BCUT2D eigenvalue weighted by Crippen LogP contribution is -2.32. The van der Waals surface area contributed by atoms with Crippen LogP contribution < -0.4 is 10.3 Å². The van der Waals surface area contributed by atoms with Gasteiger partial charge in [0.25, 0.3) is 5.91 Å². The van der Waals surface area contributed by atoms with Gasteiger partial charge in [-0.3, -0.25) is 19.8 Å². The summed E-state index contributed by atoms with van der Waals surface area (Å²) in [7, 11) is 0. The number of carbonyl (C=O) groups is 3. The Bertz CT molecular complexity index is 1350. The van der Waals surface area contributed by atoms with Gasteiger partial charge in [-0.05, 0) is 36.4 Å². The molecule has 0 radical (unpaired) electrons. The predicted octanol–water partition coefficient (Wildman–Crippen LogP) is 10.2. The number of unbranched alkanes of at least 4 members (excludes halogenated alkanes) is 11. The third-order valence-corrected chi connectivity index (χ3v) is 10.2. The molecule has 11 heteroatoms. The molecule has 2 heterocycles. The number of hydrogen-bond acceptors (Lipinski definition) is 6. The van der Waals surface area contributed by atoms with Crippen molar-refractivity contribution in [2.75, 3.05) is 21.8 Å². The zero-order valence-corrected chi connectivity index (χ0v) is 29.0. The van der Waals surface area contributed by atoms with Crippen molar-refractivity contribution in [1.82, 2.24) is 5.12 Å². The van der Waals surface area contributed by atoms with E-state index < -0.39 is 5.92 Å². The first kappa shape index (κ1) is 35.6. The Kier molecular flexibility index (Phi) is 14.4. The minimum absolute atomic E-state index is 0.137. The molecular formula is C34H43Cl3N4O3S. The number of rotatable bonds is 19. The van der Waals surface area contributed by atoms with E-state index in [1.54, 1.807) is 42.1 Å². The summed E-state index contributed by atoms with van der Waals surface area (Å²) in [6, 6.07) is 8.21. The van der Waals surface area contributed by atoms with Crippen molar-refractivity contribution < 1.29 is 14.4 Å². The van der Waals surface area contributed by atoms with E-state index in [-0.39, 0.29) is 40.6 Å². The standard InChI is InChI=1S/C34H43Cl3N4O3S/c1-2-3-4-5-6-7-8-9-10-11-12-13-19-45-23-24-20-31(43)40(34(24)44)29-16-14-15-28(39-41-30(42)17-18-38-41)33(29)32-26(36)21-25(35)22-27(32)37/h14-16,18,21-22,24,39H,2-13,17,19-20,23H2,1H3. The number of amides is 3. The van der Waals surface area contributed by atoms with E-state index in [1.165, 1.54) is 81.7 Å². The molecule has 244 valence electrons. The molecule has 0 aromatic heterocycles. The number of carbonyl (C=O) groups excluding carboxylic acids is 3. The second kappa shape index (κ2) is 18.2. The average molecular weight is 694 g/mol. The Balaban J connectivity index is 1.34. The normalized spacial score (nSPS) is 16.4. The molecule has 2 aromatic carbocycles. The highest BCUT2D eigenvalue weighted by Gasteiger charge is 2.41. The average Bonchev–Trinajstić information content (AvgIpc) is 3.53. The van der Waals surface area contributed by atoms with Gasteiger partial charge in [0.15, 0.2) is 0 Å². The molecule has 1 fully saturated rings. The second-order valence-corrected chi connectivity index (χ2v) is 14.1. The van der Waals surface area contributed by atoms with Crippen molar-refractivity contribution in [2.45, 2.75) is 96.8 Å². The molecular weight excluding hydrogens is 651 g/mol. The molecule has 1 saturated heterocycles. The first-order chi connectivity index (χ1) is 21.8. The van der Waals surface area contributed by atoms with Crippen molar-refractivity contribution in [1.29, 1.82) is 0 Å². The van der Waals surface area contributed by atoms with Crippen molar-refractivity contribution in [3.05, 3.63) is 45.4 Å². The number of thioether (sulfide) groups is 1. The van der Waals surface area contributed by atoms with E-state index in [0.717, 1.165) is 17.3 Å². The van der Waals surface area contributed by atoms with E-state index in [4.69, 9.17) is 34.8 Å². The van der Waals surface area contributed by atoms with Gasteiger partial charge in [0.05, 0.1) is 33.8 Å². The number of hydrogen-bond donors (Lipinski definition) is 1. The minimum Gasteiger partial charge on any atom is -0.274 e. The van der Waals surface area contributed by atoms with Crippen LogP contribution in [0.15, 0.2) is 35.4 Å². The van der Waals surface area contributed by atoms with Gasteiger partial charge in [0.2, 0.25) is 11.8 Å². The zero-order chi connectivity index (χ0) is 32.2. The second-order valence-electron chi connectivity index (χ2n) is 11.7. The summed E-state index contributed by atoms with van der Waals surface area (Å²) in [6.45, 7) is 2.26. The van der Waals surface area contributed by atoms with E-state index in [9.17, 15) is 14.4 Å². The number of nitrogens with zero attached hydrogens (tertiary/aromatic N) is 3. The number of imide groups is 1. The fourth-order valence-corrected chi connectivity index (χ4v) is 7.89. The lowest BCUT2D eigenvalue weighted by Gasteiger charge is -2.25. The van der Waals surface area contributed by atoms with Crippen molar-refractivity contribution in [3.8, 4) is 11.1 Å². The molecule has 45 heavy (non-hydrogen) atoms. The molecule has 0 bridgehead atoms. The Morgan fingerprint density at radius 2 is 1.47 bits per heavy atom. The summed E-state index contributed by atoms with van der Waals surface area (Å²) in [5, 5.41) is 6.02. The molecule has 1 N–H and O–H groups in total. The summed E-state index contributed by atoms with van der Waals surface area (Å²) in [4.78, 5) is 40.6. The van der Waals surface area contributed by atoms with Gasteiger partial charge in [-0.25, -0.2) is 4.90 Å². The summed E-state index contributed by atoms with van der Waals surface area (Å²) >= 11 is 21.2. The van der Waals surface area contributed by atoms with Crippen LogP contribution in [-0.2, 0) is 14.4 Å². The molecule has 2 aromatic rings. The smallest absolute Gasteiger partial charge is 0.267 e. The number of anilines is 2.